The van der Waals surface area contributed by atoms with Crippen molar-refractivity contribution in [3.63, 3.8) is 0 Å². The molecule has 0 radical (unpaired) electrons. The number of anilines is 1. The minimum Gasteiger partial charge on any atom is -0.346 e. The van der Waals surface area contributed by atoms with Crippen molar-refractivity contribution in [2.45, 2.75) is 39.3 Å². The Morgan fingerprint density at radius 2 is 2.03 bits per heavy atom. The first kappa shape index (κ1) is 24.1. The van der Waals surface area contributed by atoms with E-state index in [0.717, 1.165) is 30.1 Å². The second-order valence-corrected chi connectivity index (χ2v) is 9.72. The van der Waals surface area contributed by atoms with E-state index in [1.54, 1.807) is 6.07 Å². The molecular weight excluding hydrogens is 452 g/mol. The van der Waals surface area contributed by atoms with Gasteiger partial charge >= 0.3 is 11.8 Å². The molecule has 2 aromatic rings. The van der Waals surface area contributed by atoms with Gasteiger partial charge in [-0.05, 0) is 31.5 Å². The summed E-state index contributed by atoms with van der Waals surface area (Å²) >= 11 is 7.17. The normalized spacial score (nSPS) is 14.5. The number of carbonyl (C=O) groups is 3. The Balaban J connectivity index is 1.56. The highest BCUT2D eigenvalue weighted by molar-refractivity contribution is 7.13. The molecule has 1 unspecified atom stereocenters. The molecule has 3 amide bonds. The van der Waals surface area contributed by atoms with Gasteiger partial charge in [-0.1, -0.05) is 25.4 Å². The maximum absolute atomic E-state index is 12.8. The lowest BCUT2D eigenvalue weighted by Gasteiger charge is -2.20. The maximum Gasteiger partial charge on any atom is 0.314 e. The summed E-state index contributed by atoms with van der Waals surface area (Å²) in [7, 11) is 2.04. The quantitative estimate of drug-likeness (QED) is 0.524. The number of halogens is 1. The number of hydrogen-bond acceptors (Lipinski definition) is 7. The Morgan fingerprint density at radius 1 is 1.25 bits per heavy atom. The first-order valence-corrected chi connectivity index (χ1v) is 11.6. The van der Waals surface area contributed by atoms with Crippen LogP contribution in [0.25, 0.3) is 0 Å². The van der Waals surface area contributed by atoms with Gasteiger partial charge in [0.2, 0.25) is 0 Å². The second-order valence-electron chi connectivity index (χ2n) is 8.20. The summed E-state index contributed by atoms with van der Waals surface area (Å²) in [6, 6.07) is 2.72. The molecule has 0 spiro atoms. The van der Waals surface area contributed by atoms with Crippen molar-refractivity contribution < 1.29 is 14.4 Å². The summed E-state index contributed by atoms with van der Waals surface area (Å²) in [6.07, 6.45) is 2.84. The van der Waals surface area contributed by atoms with Crippen molar-refractivity contribution >= 4 is 46.5 Å². The molecule has 3 heterocycles. The van der Waals surface area contributed by atoms with Crippen LogP contribution in [0.4, 0.5) is 5.82 Å². The first-order chi connectivity index (χ1) is 15.2. The largest absolute Gasteiger partial charge is 0.346 e. The highest BCUT2D eigenvalue weighted by atomic mass is 35.5. The number of thiazole rings is 1. The Hall–Kier alpha value is -2.56. The van der Waals surface area contributed by atoms with E-state index in [0.29, 0.717) is 16.5 Å². The first-order valence-electron chi connectivity index (χ1n) is 10.4. The van der Waals surface area contributed by atoms with Gasteiger partial charge in [-0.3, -0.25) is 14.4 Å². The zero-order valence-corrected chi connectivity index (χ0v) is 19.8. The molecular formula is C21H27ClN6O3S. The molecule has 3 rings (SSSR count). The Bertz CT molecular complexity index is 978. The fourth-order valence-electron chi connectivity index (χ4n) is 3.35. The number of aromatic nitrogens is 2. The lowest BCUT2D eigenvalue weighted by atomic mass is 10.0. The third kappa shape index (κ3) is 6.72. The highest BCUT2D eigenvalue weighted by Gasteiger charge is 2.24. The fourth-order valence-corrected chi connectivity index (χ4v) is 4.55. The minimum atomic E-state index is -0.842. The van der Waals surface area contributed by atoms with Crippen LogP contribution in [0, 0.1) is 5.92 Å². The Morgan fingerprint density at radius 3 is 2.72 bits per heavy atom. The molecule has 0 bridgehead atoms. The third-order valence-electron chi connectivity index (χ3n) is 4.89. The molecule has 172 valence electrons. The van der Waals surface area contributed by atoms with E-state index >= 15 is 0 Å². The topological polar surface area (TPSA) is 116 Å². The SMILES string of the molecule is CC(C)CC(CNC(=O)C(=O)Nc1ccc(Cl)cn1)NC(=O)c1nc2c(s1)CN(C)CC2. The molecule has 9 nitrogen and oxygen atoms in total. The van der Waals surface area contributed by atoms with E-state index in [1.807, 2.05) is 20.9 Å². The van der Waals surface area contributed by atoms with Gasteiger partial charge in [0.1, 0.15) is 5.82 Å². The lowest BCUT2D eigenvalue weighted by molar-refractivity contribution is -0.136. The highest BCUT2D eigenvalue weighted by Crippen LogP contribution is 2.24. The molecule has 1 atom stereocenters. The van der Waals surface area contributed by atoms with Crippen LogP contribution in [0.3, 0.4) is 0 Å². The number of amides is 3. The van der Waals surface area contributed by atoms with Crippen LogP contribution in [-0.2, 0) is 22.6 Å². The number of carbonyl (C=O) groups excluding carboxylic acids is 3. The van der Waals surface area contributed by atoms with Crippen LogP contribution in [0.1, 0.15) is 40.6 Å². The van der Waals surface area contributed by atoms with E-state index in [9.17, 15) is 14.4 Å². The average Bonchev–Trinajstić information content (AvgIpc) is 3.16. The van der Waals surface area contributed by atoms with Crippen molar-refractivity contribution in [2.75, 3.05) is 25.5 Å². The zero-order valence-electron chi connectivity index (χ0n) is 18.3. The van der Waals surface area contributed by atoms with E-state index in [1.165, 1.54) is 23.6 Å². The molecule has 3 N–H and O–H groups in total. The van der Waals surface area contributed by atoms with Gasteiger partial charge in [0.15, 0.2) is 5.01 Å². The lowest BCUT2D eigenvalue weighted by Crippen LogP contribution is -2.46. The molecule has 0 saturated carbocycles. The number of nitrogens with one attached hydrogen (secondary N) is 3. The summed E-state index contributed by atoms with van der Waals surface area (Å²) in [6.45, 7) is 5.89. The van der Waals surface area contributed by atoms with Crippen molar-refractivity contribution in [1.82, 2.24) is 25.5 Å². The monoisotopic (exact) mass is 478 g/mol. The van der Waals surface area contributed by atoms with E-state index in [-0.39, 0.29) is 30.2 Å². The van der Waals surface area contributed by atoms with E-state index in [2.05, 4.69) is 30.8 Å². The predicted octanol–water partition coefficient (Wildman–Crippen LogP) is 2.08. The second kappa shape index (κ2) is 10.8. The predicted molar refractivity (Wildman–Crippen MR) is 124 cm³/mol. The van der Waals surface area contributed by atoms with Crippen LogP contribution in [0.5, 0.6) is 0 Å². The molecule has 0 aliphatic carbocycles. The zero-order chi connectivity index (χ0) is 23.3. The van der Waals surface area contributed by atoms with Gasteiger partial charge in [-0.15, -0.1) is 11.3 Å². The van der Waals surface area contributed by atoms with Crippen LogP contribution in [0.2, 0.25) is 5.02 Å². The number of rotatable bonds is 7. The van der Waals surface area contributed by atoms with Gasteiger partial charge in [-0.2, -0.15) is 0 Å². The van der Waals surface area contributed by atoms with Crippen molar-refractivity contribution in [1.29, 1.82) is 0 Å². The molecule has 0 fully saturated rings. The summed E-state index contributed by atoms with van der Waals surface area (Å²) < 4.78 is 0. The third-order valence-corrected chi connectivity index (χ3v) is 6.20. The molecule has 32 heavy (non-hydrogen) atoms. The number of fused-ring (bicyclic) bond motifs is 1. The number of nitrogens with zero attached hydrogens (tertiary/aromatic N) is 3. The van der Waals surface area contributed by atoms with Gasteiger partial charge < -0.3 is 20.9 Å². The van der Waals surface area contributed by atoms with Crippen LogP contribution in [0.15, 0.2) is 18.3 Å². The van der Waals surface area contributed by atoms with Crippen molar-refractivity contribution in [2.24, 2.45) is 5.92 Å². The molecule has 0 saturated heterocycles. The van der Waals surface area contributed by atoms with Gasteiger partial charge in [0.05, 0.1) is 10.7 Å². The van der Waals surface area contributed by atoms with E-state index < -0.39 is 11.8 Å². The summed E-state index contributed by atoms with van der Waals surface area (Å²) in [5.74, 6) is -1.41. The standard InChI is InChI=1S/C21H27ClN6O3S/c1-12(2)8-14(10-24-18(29)19(30)27-17-5-4-13(22)9-23-17)25-20(31)21-26-15-6-7-28(3)11-16(15)32-21/h4-5,9,12,14H,6-8,10-11H2,1-3H3,(H,24,29)(H,25,31)(H,23,27,30). The van der Waals surface area contributed by atoms with Crippen LogP contribution >= 0.6 is 22.9 Å². The number of likely N-dealkylation sites (N-methyl/N-ethyl adjacent to an activating group) is 1. The fraction of sp³-hybridized carbons (Fsp3) is 0.476. The van der Waals surface area contributed by atoms with Crippen molar-refractivity contribution in [3.05, 3.63) is 38.9 Å². The molecule has 2 aromatic heterocycles. The summed E-state index contributed by atoms with van der Waals surface area (Å²) in [5.41, 5.74) is 0.986. The smallest absolute Gasteiger partial charge is 0.314 e. The number of pyridine rings is 1. The minimum absolute atomic E-state index is 0.123. The number of hydrogen-bond donors (Lipinski definition) is 3. The van der Waals surface area contributed by atoms with E-state index in [4.69, 9.17) is 11.6 Å². The summed E-state index contributed by atoms with van der Waals surface area (Å²) in [4.78, 5) is 48.9. The van der Waals surface area contributed by atoms with Crippen LogP contribution < -0.4 is 16.0 Å². The average molecular weight is 479 g/mol. The van der Waals surface area contributed by atoms with Crippen molar-refractivity contribution in [3.8, 4) is 0 Å². The molecule has 0 aromatic carbocycles. The van der Waals surface area contributed by atoms with Gasteiger partial charge in [0.25, 0.3) is 5.91 Å². The Kier molecular flexibility index (Phi) is 8.16. The van der Waals surface area contributed by atoms with Gasteiger partial charge in [-0.25, -0.2) is 9.97 Å². The summed E-state index contributed by atoms with van der Waals surface area (Å²) in [5, 5.41) is 8.81. The Labute approximate surface area is 196 Å². The molecule has 11 heteroatoms. The molecule has 1 aliphatic heterocycles. The van der Waals surface area contributed by atoms with Gasteiger partial charge in [0, 0.05) is 43.2 Å². The van der Waals surface area contributed by atoms with Crippen LogP contribution in [-0.4, -0.2) is 58.8 Å². The maximum atomic E-state index is 12.8. The molecule has 1 aliphatic rings.